The lowest BCUT2D eigenvalue weighted by atomic mass is 10.1. The highest BCUT2D eigenvalue weighted by atomic mass is 16.5. The van der Waals surface area contributed by atoms with E-state index in [0.717, 1.165) is 49.3 Å². The third-order valence-corrected chi connectivity index (χ3v) is 4.29. The van der Waals surface area contributed by atoms with Gasteiger partial charge in [-0.1, -0.05) is 62.1 Å². The predicted molar refractivity (Wildman–Crippen MR) is 103 cm³/mol. The molecule has 0 aliphatic carbocycles. The van der Waals surface area contributed by atoms with Crippen LogP contribution in [0.5, 0.6) is 5.75 Å². The highest BCUT2D eigenvalue weighted by Gasteiger charge is 2.08. The van der Waals surface area contributed by atoms with E-state index in [1.807, 2.05) is 49.4 Å². The maximum Gasteiger partial charge on any atom is 0.311 e. The van der Waals surface area contributed by atoms with E-state index < -0.39 is 0 Å². The van der Waals surface area contributed by atoms with Gasteiger partial charge >= 0.3 is 11.9 Å². The molecule has 4 heteroatoms. The molecule has 0 fully saturated rings. The Bertz CT molecular complexity index is 703. The monoisotopic (exact) mass is 356 g/mol. The van der Waals surface area contributed by atoms with Crippen molar-refractivity contribution in [1.29, 1.82) is 0 Å². The van der Waals surface area contributed by atoms with Crippen molar-refractivity contribution in [3.8, 4) is 5.75 Å². The zero-order chi connectivity index (χ0) is 18.6. The Balaban J connectivity index is 1.59. The summed E-state index contributed by atoms with van der Waals surface area (Å²) < 4.78 is 10.4. The van der Waals surface area contributed by atoms with Gasteiger partial charge in [-0.3, -0.25) is 9.59 Å². The van der Waals surface area contributed by atoms with Gasteiger partial charge in [0.1, 0.15) is 5.75 Å². The fourth-order valence-corrected chi connectivity index (χ4v) is 2.94. The van der Waals surface area contributed by atoms with Crippen LogP contribution in [0.2, 0.25) is 0 Å². The van der Waals surface area contributed by atoms with Crippen LogP contribution in [0, 0.1) is 0 Å². The third-order valence-electron chi connectivity index (χ3n) is 4.29. The summed E-state index contributed by atoms with van der Waals surface area (Å²) in [5.41, 5.74) is 0. The number of hydrogen-bond donors (Lipinski definition) is 0. The van der Waals surface area contributed by atoms with Crippen LogP contribution >= 0.6 is 0 Å². The molecule has 0 spiro atoms. The fraction of sp³-hybridized carbons (Fsp3) is 0.455. The molecule has 2 rings (SSSR count). The Morgan fingerprint density at radius 1 is 0.769 bits per heavy atom. The van der Waals surface area contributed by atoms with Crippen LogP contribution in [0.1, 0.15) is 58.3 Å². The quantitative estimate of drug-likeness (QED) is 0.306. The van der Waals surface area contributed by atoms with Crippen LogP contribution in [-0.2, 0) is 14.3 Å². The molecule has 0 N–H and O–H groups in total. The van der Waals surface area contributed by atoms with Crippen molar-refractivity contribution < 1.29 is 19.1 Å². The molecule has 0 unspecified atom stereocenters. The first-order valence-electron chi connectivity index (χ1n) is 9.54. The first-order valence-corrected chi connectivity index (χ1v) is 9.54. The van der Waals surface area contributed by atoms with Crippen LogP contribution in [0.15, 0.2) is 42.5 Å². The van der Waals surface area contributed by atoms with Crippen LogP contribution in [0.25, 0.3) is 10.8 Å². The molecule has 0 aliphatic heterocycles. The van der Waals surface area contributed by atoms with E-state index in [9.17, 15) is 9.59 Å². The second-order valence-electron chi connectivity index (χ2n) is 6.38. The van der Waals surface area contributed by atoms with Crippen molar-refractivity contribution in [1.82, 2.24) is 0 Å². The van der Waals surface area contributed by atoms with E-state index in [1.54, 1.807) is 0 Å². The number of carbonyl (C=O) groups excluding carboxylic acids is 2. The van der Waals surface area contributed by atoms with Crippen molar-refractivity contribution in [2.24, 2.45) is 0 Å². The number of fused-ring (bicyclic) bond motifs is 1. The van der Waals surface area contributed by atoms with Gasteiger partial charge in [0.05, 0.1) is 6.61 Å². The lowest BCUT2D eigenvalue weighted by Crippen LogP contribution is -2.07. The molecule has 26 heavy (non-hydrogen) atoms. The van der Waals surface area contributed by atoms with Gasteiger partial charge in [0, 0.05) is 18.2 Å². The van der Waals surface area contributed by atoms with Crippen LogP contribution in [-0.4, -0.2) is 18.5 Å². The van der Waals surface area contributed by atoms with E-state index in [1.165, 1.54) is 0 Å². The molecule has 2 aromatic carbocycles. The van der Waals surface area contributed by atoms with Gasteiger partial charge in [-0.25, -0.2) is 0 Å². The van der Waals surface area contributed by atoms with Gasteiger partial charge in [0.25, 0.3) is 0 Å². The third kappa shape index (κ3) is 6.87. The highest BCUT2D eigenvalue weighted by Crippen LogP contribution is 2.25. The van der Waals surface area contributed by atoms with Gasteiger partial charge in [-0.15, -0.1) is 0 Å². The Hall–Kier alpha value is -2.36. The fourth-order valence-electron chi connectivity index (χ4n) is 2.94. The number of rotatable bonds is 11. The molecular weight excluding hydrogens is 328 g/mol. The number of ether oxygens (including phenoxy) is 2. The molecule has 140 valence electrons. The largest absolute Gasteiger partial charge is 0.466 e. The van der Waals surface area contributed by atoms with E-state index in [2.05, 4.69) is 0 Å². The van der Waals surface area contributed by atoms with Crippen molar-refractivity contribution in [3.63, 3.8) is 0 Å². The van der Waals surface area contributed by atoms with Gasteiger partial charge in [0.15, 0.2) is 0 Å². The molecule has 4 nitrogen and oxygen atoms in total. The van der Waals surface area contributed by atoms with Crippen LogP contribution < -0.4 is 4.74 Å². The number of carbonyl (C=O) groups is 2. The molecular formula is C22H28O4. The van der Waals surface area contributed by atoms with Gasteiger partial charge in [-0.2, -0.15) is 0 Å². The maximum atomic E-state index is 12.1. The molecule has 0 radical (unpaired) electrons. The smallest absolute Gasteiger partial charge is 0.311 e. The first-order chi connectivity index (χ1) is 12.7. The molecule has 2 aromatic rings. The van der Waals surface area contributed by atoms with Crippen LogP contribution in [0.4, 0.5) is 0 Å². The zero-order valence-electron chi connectivity index (χ0n) is 15.5. The Morgan fingerprint density at radius 2 is 1.38 bits per heavy atom. The molecule has 0 heterocycles. The highest BCUT2D eigenvalue weighted by molar-refractivity contribution is 5.90. The Morgan fingerprint density at radius 3 is 2.12 bits per heavy atom. The molecule has 0 atom stereocenters. The second-order valence-corrected chi connectivity index (χ2v) is 6.38. The summed E-state index contributed by atoms with van der Waals surface area (Å²) in [5, 5.41) is 2.03. The average molecular weight is 356 g/mol. The van der Waals surface area contributed by atoms with Crippen molar-refractivity contribution >= 4 is 22.7 Å². The molecule has 0 aliphatic rings. The minimum Gasteiger partial charge on any atom is -0.466 e. The number of benzene rings is 2. The second kappa shape index (κ2) is 11.3. The normalized spacial score (nSPS) is 10.7. The maximum absolute atomic E-state index is 12.1. The molecule has 0 amide bonds. The number of hydrogen-bond acceptors (Lipinski definition) is 4. The summed E-state index contributed by atoms with van der Waals surface area (Å²) in [7, 11) is 0. The average Bonchev–Trinajstić information content (AvgIpc) is 2.64. The lowest BCUT2D eigenvalue weighted by Gasteiger charge is -2.07. The van der Waals surface area contributed by atoms with Gasteiger partial charge < -0.3 is 9.47 Å². The predicted octanol–water partition coefficient (Wildman–Crippen LogP) is 5.43. The van der Waals surface area contributed by atoms with Crippen LogP contribution in [0.3, 0.4) is 0 Å². The number of unbranched alkanes of at least 4 members (excludes halogenated alkanes) is 5. The first kappa shape index (κ1) is 20.0. The van der Waals surface area contributed by atoms with Crippen molar-refractivity contribution in [2.75, 3.05) is 6.61 Å². The van der Waals surface area contributed by atoms with Gasteiger partial charge in [0.2, 0.25) is 0 Å². The molecule has 0 aromatic heterocycles. The number of esters is 2. The summed E-state index contributed by atoms with van der Waals surface area (Å²) in [6, 6.07) is 13.6. The van der Waals surface area contributed by atoms with E-state index in [4.69, 9.17) is 9.47 Å². The molecule has 0 bridgehead atoms. The van der Waals surface area contributed by atoms with E-state index >= 15 is 0 Å². The van der Waals surface area contributed by atoms with E-state index in [0.29, 0.717) is 25.2 Å². The summed E-state index contributed by atoms with van der Waals surface area (Å²) >= 11 is 0. The van der Waals surface area contributed by atoms with E-state index in [-0.39, 0.29) is 11.9 Å². The van der Waals surface area contributed by atoms with Gasteiger partial charge in [-0.05, 0) is 31.2 Å². The SMILES string of the molecule is CCOC(=O)CCCCCCCCC(=O)Oc1cccc2ccccc12. The lowest BCUT2D eigenvalue weighted by molar-refractivity contribution is -0.143. The topological polar surface area (TPSA) is 52.6 Å². The minimum absolute atomic E-state index is 0.108. The Kier molecular flexibility index (Phi) is 8.67. The zero-order valence-corrected chi connectivity index (χ0v) is 15.5. The molecule has 0 saturated heterocycles. The standard InChI is InChI=1S/C22H28O4/c1-2-25-21(23)16-7-5-3-4-6-8-17-22(24)26-20-15-11-13-18-12-9-10-14-19(18)20/h9-15H,2-8,16-17H2,1H3. The summed E-state index contributed by atoms with van der Waals surface area (Å²) in [6.07, 6.45) is 6.84. The molecule has 0 saturated carbocycles. The van der Waals surface area contributed by atoms with Crippen molar-refractivity contribution in [2.45, 2.75) is 58.3 Å². The summed E-state index contributed by atoms with van der Waals surface area (Å²) in [6.45, 7) is 2.27. The summed E-state index contributed by atoms with van der Waals surface area (Å²) in [5.74, 6) is 0.347. The Labute approximate surface area is 155 Å². The summed E-state index contributed by atoms with van der Waals surface area (Å²) in [4.78, 5) is 23.3. The van der Waals surface area contributed by atoms with Crippen molar-refractivity contribution in [3.05, 3.63) is 42.5 Å². The minimum atomic E-state index is -0.177.